The maximum Gasteiger partial charge on any atom is 0.204 e. The number of nitrogens with zero attached hydrogens (tertiary/aromatic N) is 3. The average molecular weight is 352 g/mol. The van der Waals surface area contributed by atoms with E-state index < -0.39 is 0 Å². The predicted molar refractivity (Wildman–Crippen MR) is 98.8 cm³/mol. The second-order valence-electron chi connectivity index (χ2n) is 7.52. The van der Waals surface area contributed by atoms with E-state index in [1.54, 1.807) is 11.3 Å². The second-order valence-corrected chi connectivity index (χ2v) is 8.65. The van der Waals surface area contributed by atoms with Gasteiger partial charge < -0.3 is 0 Å². The SMILES string of the molecule is O=c1c2c(sc3cc(-c4nn[nH]n4)ccc13)CC1(CCCCC1)CC2. The van der Waals surface area contributed by atoms with E-state index in [0.29, 0.717) is 11.2 Å². The summed E-state index contributed by atoms with van der Waals surface area (Å²) in [5.41, 5.74) is 2.66. The van der Waals surface area contributed by atoms with Crippen molar-refractivity contribution in [2.45, 2.75) is 51.4 Å². The number of H-pyrrole nitrogens is 1. The Kier molecular flexibility index (Phi) is 3.48. The molecule has 0 atom stereocenters. The van der Waals surface area contributed by atoms with E-state index in [1.807, 2.05) is 18.2 Å². The first-order valence-corrected chi connectivity index (χ1v) is 9.88. The molecule has 0 amide bonds. The van der Waals surface area contributed by atoms with Crippen LogP contribution in [0.4, 0.5) is 0 Å². The lowest BCUT2D eigenvalue weighted by Gasteiger charge is -2.40. The Bertz CT molecular complexity index is 987. The molecule has 128 valence electrons. The summed E-state index contributed by atoms with van der Waals surface area (Å²) in [5, 5.41) is 15.0. The molecule has 6 heteroatoms. The summed E-state index contributed by atoms with van der Waals surface area (Å²) in [6, 6.07) is 5.87. The quantitative estimate of drug-likeness (QED) is 0.721. The van der Waals surface area contributed by atoms with E-state index in [0.717, 1.165) is 34.1 Å². The number of hydrogen-bond acceptors (Lipinski definition) is 5. The molecule has 25 heavy (non-hydrogen) atoms. The molecule has 0 radical (unpaired) electrons. The van der Waals surface area contributed by atoms with Gasteiger partial charge in [-0.25, -0.2) is 0 Å². The summed E-state index contributed by atoms with van der Waals surface area (Å²) in [5.74, 6) is 0.572. The van der Waals surface area contributed by atoms with Crippen LogP contribution in [0.15, 0.2) is 23.0 Å². The molecular weight excluding hydrogens is 332 g/mol. The molecule has 2 heterocycles. The Morgan fingerprint density at radius 1 is 1.12 bits per heavy atom. The van der Waals surface area contributed by atoms with Crippen molar-refractivity contribution in [3.8, 4) is 11.4 Å². The molecule has 5 rings (SSSR count). The van der Waals surface area contributed by atoms with Gasteiger partial charge in [0, 0.05) is 26.1 Å². The largest absolute Gasteiger partial charge is 0.289 e. The van der Waals surface area contributed by atoms with Crippen molar-refractivity contribution in [3.63, 3.8) is 0 Å². The Morgan fingerprint density at radius 3 is 2.80 bits per heavy atom. The maximum atomic E-state index is 13.0. The highest BCUT2D eigenvalue weighted by Gasteiger charge is 2.36. The molecule has 3 aromatic rings. The van der Waals surface area contributed by atoms with E-state index in [4.69, 9.17) is 0 Å². The van der Waals surface area contributed by atoms with E-state index in [-0.39, 0.29) is 5.43 Å². The normalized spacial score (nSPS) is 19.2. The van der Waals surface area contributed by atoms with Crippen LogP contribution in [0, 0.1) is 5.41 Å². The van der Waals surface area contributed by atoms with Crippen molar-refractivity contribution < 1.29 is 0 Å². The zero-order valence-corrected chi connectivity index (χ0v) is 14.9. The third kappa shape index (κ3) is 2.51. The molecule has 5 nitrogen and oxygen atoms in total. The third-order valence-corrected chi connectivity index (χ3v) is 7.22. The highest BCUT2D eigenvalue weighted by Crippen LogP contribution is 2.47. The molecule has 1 fully saturated rings. The van der Waals surface area contributed by atoms with Crippen molar-refractivity contribution in [2.75, 3.05) is 0 Å². The summed E-state index contributed by atoms with van der Waals surface area (Å²) < 4.78 is 1.04. The first-order valence-electron chi connectivity index (χ1n) is 9.07. The average Bonchev–Trinajstić information content (AvgIpc) is 3.16. The van der Waals surface area contributed by atoms with Gasteiger partial charge in [-0.15, -0.1) is 21.5 Å². The first-order chi connectivity index (χ1) is 12.2. The van der Waals surface area contributed by atoms with Crippen LogP contribution < -0.4 is 5.43 Å². The highest BCUT2D eigenvalue weighted by molar-refractivity contribution is 7.18. The van der Waals surface area contributed by atoms with Crippen LogP contribution in [0.1, 0.15) is 49.0 Å². The lowest BCUT2D eigenvalue weighted by molar-refractivity contribution is 0.164. The number of aromatic nitrogens is 4. The van der Waals surface area contributed by atoms with Crippen molar-refractivity contribution in [1.29, 1.82) is 0 Å². The van der Waals surface area contributed by atoms with Crippen LogP contribution >= 0.6 is 11.3 Å². The summed E-state index contributed by atoms with van der Waals surface area (Å²) in [4.78, 5) is 14.3. The molecule has 0 aliphatic heterocycles. The molecule has 0 saturated heterocycles. The second kappa shape index (κ2) is 5.73. The van der Waals surface area contributed by atoms with Crippen LogP contribution in [0.5, 0.6) is 0 Å². The molecule has 2 aliphatic carbocycles. The standard InChI is InChI=1S/C19H20N4OS/c24-17-13-5-4-12(18-20-22-23-21-18)10-15(13)25-16-11-19(9-6-14(16)17)7-2-1-3-8-19/h4-5,10H,1-3,6-9,11H2,(H,20,21,22,23). The fourth-order valence-electron chi connectivity index (χ4n) is 4.64. The van der Waals surface area contributed by atoms with Gasteiger partial charge in [-0.05, 0) is 54.9 Å². The number of fused-ring (bicyclic) bond motifs is 2. The Morgan fingerprint density at radius 2 is 2.00 bits per heavy atom. The van der Waals surface area contributed by atoms with Crippen molar-refractivity contribution >= 4 is 21.4 Å². The number of hydrogen-bond donors (Lipinski definition) is 1. The Hall–Kier alpha value is -2.08. The van der Waals surface area contributed by atoms with Crippen LogP contribution in [0.2, 0.25) is 0 Å². The van der Waals surface area contributed by atoms with Gasteiger partial charge in [-0.1, -0.05) is 25.3 Å². The molecule has 1 saturated carbocycles. The maximum absolute atomic E-state index is 13.0. The number of rotatable bonds is 1. The van der Waals surface area contributed by atoms with Crippen LogP contribution in [-0.4, -0.2) is 20.6 Å². The van der Waals surface area contributed by atoms with Crippen LogP contribution in [-0.2, 0) is 12.8 Å². The minimum atomic E-state index is 0.231. The molecule has 2 aromatic heterocycles. The fourth-order valence-corrected chi connectivity index (χ4v) is 6.06. The number of nitrogens with one attached hydrogen (secondary N) is 1. The zero-order valence-electron chi connectivity index (χ0n) is 14.0. The molecule has 2 aliphatic rings. The predicted octanol–water partition coefficient (Wildman–Crippen LogP) is 3.88. The van der Waals surface area contributed by atoms with Crippen LogP contribution in [0.25, 0.3) is 21.5 Å². The van der Waals surface area contributed by atoms with Gasteiger partial charge in [0.15, 0.2) is 5.43 Å². The Balaban J connectivity index is 1.62. The first kappa shape index (κ1) is 15.2. The summed E-state index contributed by atoms with van der Waals surface area (Å²) in [6.45, 7) is 0. The topological polar surface area (TPSA) is 71.5 Å². The highest BCUT2D eigenvalue weighted by atomic mass is 32.1. The van der Waals surface area contributed by atoms with Crippen molar-refractivity contribution in [3.05, 3.63) is 38.9 Å². The minimum absolute atomic E-state index is 0.231. The Labute approximate surface area is 149 Å². The van der Waals surface area contributed by atoms with E-state index in [9.17, 15) is 4.79 Å². The van der Waals surface area contributed by atoms with E-state index in [2.05, 4.69) is 20.6 Å². The summed E-state index contributed by atoms with van der Waals surface area (Å²) >= 11 is 1.80. The van der Waals surface area contributed by atoms with Gasteiger partial charge in [0.25, 0.3) is 0 Å². The molecule has 1 aromatic carbocycles. The van der Waals surface area contributed by atoms with E-state index in [1.165, 1.54) is 43.4 Å². The molecular formula is C19H20N4OS. The molecule has 1 N–H and O–H groups in total. The van der Waals surface area contributed by atoms with Crippen LogP contribution in [0.3, 0.4) is 0 Å². The molecule has 1 spiro atoms. The van der Waals surface area contributed by atoms with Gasteiger partial charge in [0.1, 0.15) is 0 Å². The smallest absolute Gasteiger partial charge is 0.204 e. The van der Waals surface area contributed by atoms with Gasteiger partial charge in [0.05, 0.1) is 0 Å². The number of tetrazole rings is 1. The molecule has 0 bridgehead atoms. The van der Waals surface area contributed by atoms with Gasteiger partial charge in [-0.2, -0.15) is 5.21 Å². The van der Waals surface area contributed by atoms with E-state index >= 15 is 0 Å². The fraction of sp³-hybridized carbons (Fsp3) is 0.474. The lowest BCUT2D eigenvalue weighted by Crippen LogP contribution is -2.33. The summed E-state index contributed by atoms with van der Waals surface area (Å²) in [7, 11) is 0. The lowest BCUT2D eigenvalue weighted by atomic mass is 9.65. The van der Waals surface area contributed by atoms with Gasteiger partial charge in [0.2, 0.25) is 5.82 Å². The van der Waals surface area contributed by atoms with Crippen molar-refractivity contribution in [2.24, 2.45) is 5.41 Å². The number of aromatic amines is 1. The zero-order chi connectivity index (χ0) is 16.9. The van der Waals surface area contributed by atoms with Crippen molar-refractivity contribution in [1.82, 2.24) is 20.6 Å². The molecule has 0 unspecified atom stereocenters. The number of benzene rings is 1. The van der Waals surface area contributed by atoms with Gasteiger partial charge in [-0.3, -0.25) is 4.79 Å². The summed E-state index contributed by atoms with van der Waals surface area (Å²) in [6.07, 6.45) is 9.95. The minimum Gasteiger partial charge on any atom is -0.289 e. The van der Waals surface area contributed by atoms with Gasteiger partial charge >= 0.3 is 0 Å². The third-order valence-electron chi connectivity index (χ3n) is 6.03. The monoisotopic (exact) mass is 352 g/mol.